The number of carbonyl (C=O) groups excluding carboxylic acids is 1. The first-order chi connectivity index (χ1) is 10.8. The number of H-pyrrole nitrogens is 1. The number of likely N-dealkylation sites (tertiary alicyclic amines) is 2. The summed E-state index contributed by atoms with van der Waals surface area (Å²) < 4.78 is 0. The van der Waals surface area contributed by atoms with Crippen LogP contribution in [0.3, 0.4) is 0 Å². The fourth-order valence-electron chi connectivity index (χ4n) is 3.90. The van der Waals surface area contributed by atoms with E-state index in [1.54, 1.807) is 4.90 Å². The predicted molar refractivity (Wildman–Crippen MR) is 85.2 cm³/mol. The normalized spacial score (nSPS) is 26.5. The lowest BCUT2D eigenvalue weighted by Gasteiger charge is -2.32. The van der Waals surface area contributed by atoms with E-state index in [0.29, 0.717) is 5.91 Å². The number of rotatable bonds is 3. The van der Waals surface area contributed by atoms with Crippen LogP contribution in [0.4, 0.5) is 0 Å². The monoisotopic (exact) mass is 303 g/mol. The van der Waals surface area contributed by atoms with E-state index in [2.05, 4.69) is 28.2 Å². The van der Waals surface area contributed by atoms with Crippen LogP contribution in [0.2, 0.25) is 0 Å². The first kappa shape index (κ1) is 15.5. The third kappa shape index (κ3) is 4.07. The molecule has 1 aromatic heterocycles. The minimum atomic E-state index is 0.245. The van der Waals surface area contributed by atoms with Gasteiger partial charge in [-0.2, -0.15) is 0 Å². The number of amides is 1. The Kier molecular flexibility index (Phi) is 5.43. The molecule has 2 aliphatic heterocycles. The van der Waals surface area contributed by atoms with Crippen molar-refractivity contribution in [1.82, 2.24) is 4.90 Å². The van der Waals surface area contributed by atoms with Gasteiger partial charge in [-0.15, -0.1) is 0 Å². The fraction of sp³-hybridized carbons (Fsp3) is 0.667. The first-order valence-corrected chi connectivity index (χ1v) is 8.90. The van der Waals surface area contributed by atoms with Crippen LogP contribution in [0.5, 0.6) is 0 Å². The summed E-state index contributed by atoms with van der Waals surface area (Å²) >= 11 is 0. The molecule has 0 aliphatic carbocycles. The molecule has 4 heteroatoms. The number of quaternary nitrogens is 1. The van der Waals surface area contributed by atoms with Gasteiger partial charge in [-0.3, -0.25) is 4.79 Å². The Morgan fingerprint density at radius 3 is 2.77 bits per heavy atom. The molecule has 120 valence electrons. The number of carbonyl (C=O) groups is 1. The number of piperidine rings is 1. The van der Waals surface area contributed by atoms with Crippen LogP contribution in [0.15, 0.2) is 24.5 Å². The van der Waals surface area contributed by atoms with Gasteiger partial charge in [0, 0.05) is 19.2 Å². The van der Waals surface area contributed by atoms with Crippen LogP contribution in [0, 0.1) is 5.92 Å². The Bertz CT molecular complexity index is 468. The molecule has 0 spiro atoms. The summed E-state index contributed by atoms with van der Waals surface area (Å²) in [6.45, 7) is 5.20. The number of aromatic amines is 1. The zero-order valence-electron chi connectivity index (χ0n) is 13.5. The van der Waals surface area contributed by atoms with Gasteiger partial charge in [0.05, 0.1) is 24.6 Å². The summed E-state index contributed by atoms with van der Waals surface area (Å²) in [6, 6.07) is 4.22. The first-order valence-electron chi connectivity index (χ1n) is 8.90. The van der Waals surface area contributed by atoms with Crippen LogP contribution in [-0.2, 0) is 11.3 Å². The van der Waals surface area contributed by atoms with Gasteiger partial charge in [-0.25, -0.2) is 4.98 Å². The van der Waals surface area contributed by atoms with Crippen molar-refractivity contribution in [3.05, 3.63) is 30.1 Å². The second kappa shape index (κ2) is 7.73. The van der Waals surface area contributed by atoms with Crippen molar-refractivity contribution in [2.45, 2.75) is 45.1 Å². The standard InChI is InChI=1S/C18H27N3O/c22-18(21-11-3-1-2-4-12-21)17-8-6-10-20(15-17)14-16-7-5-9-19-13-16/h5,7,9,13,17H,1-4,6,8,10-12,14-15H2/p+2. The third-order valence-electron chi connectivity index (χ3n) is 5.11. The van der Waals surface area contributed by atoms with E-state index in [-0.39, 0.29) is 5.92 Å². The predicted octanol–water partition coefficient (Wildman–Crippen LogP) is 0.698. The topological polar surface area (TPSA) is 38.9 Å². The number of aromatic nitrogens is 1. The average molecular weight is 303 g/mol. The van der Waals surface area contributed by atoms with Gasteiger partial charge in [0.1, 0.15) is 6.54 Å². The SMILES string of the molecule is O=C(C1CCC[NH+](Cc2ccc[nH+]c2)C1)N1CCCCCC1. The molecule has 0 aromatic carbocycles. The molecule has 1 aromatic rings. The zero-order chi connectivity index (χ0) is 15.2. The van der Waals surface area contributed by atoms with E-state index >= 15 is 0 Å². The molecule has 0 bridgehead atoms. The number of hydrogen-bond acceptors (Lipinski definition) is 1. The van der Waals surface area contributed by atoms with E-state index in [9.17, 15) is 4.79 Å². The number of nitrogens with zero attached hydrogens (tertiary/aromatic N) is 1. The van der Waals surface area contributed by atoms with Crippen molar-refractivity contribution < 1.29 is 14.7 Å². The molecule has 2 fully saturated rings. The van der Waals surface area contributed by atoms with E-state index in [1.165, 1.54) is 44.2 Å². The van der Waals surface area contributed by atoms with Crippen molar-refractivity contribution in [3.63, 3.8) is 0 Å². The summed E-state index contributed by atoms with van der Waals surface area (Å²) in [6.07, 6.45) is 11.2. The summed E-state index contributed by atoms with van der Waals surface area (Å²) in [5.41, 5.74) is 1.33. The second-order valence-electron chi connectivity index (χ2n) is 6.87. The van der Waals surface area contributed by atoms with Crippen LogP contribution in [-0.4, -0.2) is 37.0 Å². The molecular weight excluding hydrogens is 274 g/mol. The Balaban J connectivity index is 1.56. The van der Waals surface area contributed by atoms with Crippen molar-refractivity contribution in [1.29, 1.82) is 0 Å². The van der Waals surface area contributed by atoms with Crippen LogP contribution < -0.4 is 9.88 Å². The zero-order valence-corrected chi connectivity index (χ0v) is 13.5. The molecule has 22 heavy (non-hydrogen) atoms. The van der Waals surface area contributed by atoms with Crippen LogP contribution in [0.1, 0.15) is 44.1 Å². The van der Waals surface area contributed by atoms with Gasteiger partial charge in [-0.1, -0.05) is 12.8 Å². The molecule has 0 saturated carbocycles. The van der Waals surface area contributed by atoms with Crippen LogP contribution in [0.25, 0.3) is 0 Å². The average Bonchev–Trinajstić information content (AvgIpc) is 2.85. The number of hydrogen-bond donors (Lipinski definition) is 1. The largest absolute Gasteiger partial charge is 0.342 e. The lowest BCUT2D eigenvalue weighted by atomic mass is 9.96. The highest BCUT2D eigenvalue weighted by Gasteiger charge is 2.32. The molecule has 3 rings (SSSR count). The summed E-state index contributed by atoms with van der Waals surface area (Å²) in [7, 11) is 0. The van der Waals surface area contributed by atoms with Gasteiger partial charge < -0.3 is 9.80 Å². The maximum atomic E-state index is 12.8. The van der Waals surface area contributed by atoms with Crippen molar-refractivity contribution in [3.8, 4) is 0 Å². The van der Waals surface area contributed by atoms with Gasteiger partial charge in [0.25, 0.3) is 0 Å². The maximum Gasteiger partial charge on any atom is 0.231 e. The van der Waals surface area contributed by atoms with Crippen molar-refractivity contribution in [2.75, 3.05) is 26.2 Å². The van der Waals surface area contributed by atoms with E-state index in [0.717, 1.165) is 32.6 Å². The number of nitrogens with one attached hydrogen (secondary N) is 2. The quantitative estimate of drug-likeness (QED) is 0.877. The van der Waals surface area contributed by atoms with Gasteiger partial charge in [0.15, 0.2) is 12.4 Å². The highest BCUT2D eigenvalue weighted by atomic mass is 16.2. The summed E-state index contributed by atoms with van der Waals surface area (Å²) in [5, 5.41) is 0. The minimum Gasteiger partial charge on any atom is -0.342 e. The summed E-state index contributed by atoms with van der Waals surface area (Å²) in [5.74, 6) is 0.674. The van der Waals surface area contributed by atoms with Crippen molar-refractivity contribution >= 4 is 5.91 Å². The molecule has 4 nitrogen and oxygen atoms in total. The van der Waals surface area contributed by atoms with Crippen molar-refractivity contribution in [2.24, 2.45) is 5.92 Å². The van der Waals surface area contributed by atoms with E-state index in [1.807, 2.05) is 6.20 Å². The van der Waals surface area contributed by atoms with E-state index < -0.39 is 0 Å². The highest BCUT2D eigenvalue weighted by molar-refractivity contribution is 5.79. The molecule has 2 unspecified atom stereocenters. The Labute approximate surface area is 133 Å². The smallest absolute Gasteiger partial charge is 0.231 e. The Morgan fingerprint density at radius 2 is 2.05 bits per heavy atom. The fourth-order valence-corrected chi connectivity index (χ4v) is 3.90. The highest BCUT2D eigenvalue weighted by Crippen LogP contribution is 2.16. The van der Waals surface area contributed by atoms with Gasteiger partial charge in [-0.05, 0) is 31.7 Å². The third-order valence-corrected chi connectivity index (χ3v) is 5.11. The Hall–Kier alpha value is -1.42. The minimum absolute atomic E-state index is 0.245. The van der Waals surface area contributed by atoms with Gasteiger partial charge in [0.2, 0.25) is 5.91 Å². The Morgan fingerprint density at radius 1 is 1.23 bits per heavy atom. The molecule has 1 amide bonds. The molecular formula is C18H29N3O+2. The molecule has 2 N–H and O–H groups in total. The maximum absolute atomic E-state index is 12.8. The second-order valence-corrected chi connectivity index (χ2v) is 6.87. The lowest BCUT2D eigenvalue weighted by Crippen LogP contribution is -3.12. The molecule has 2 saturated heterocycles. The van der Waals surface area contributed by atoms with Gasteiger partial charge >= 0.3 is 0 Å². The molecule has 0 radical (unpaired) electrons. The molecule has 2 atom stereocenters. The lowest BCUT2D eigenvalue weighted by molar-refractivity contribution is -0.921. The number of pyridine rings is 1. The van der Waals surface area contributed by atoms with E-state index in [4.69, 9.17) is 0 Å². The summed E-state index contributed by atoms with van der Waals surface area (Å²) in [4.78, 5) is 19.7. The molecule has 3 heterocycles. The van der Waals surface area contributed by atoms with Crippen LogP contribution >= 0.6 is 0 Å². The molecule has 2 aliphatic rings.